The van der Waals surface area contributed by atoms with Crippen LogP contribution in [0.5, 0.6) is 0 Å². The maximum absolute atomic E-state index is 6.17. The number of hydrogen-bond donors (Lipinski definition) is 1. The summed E-state index contributed by atoms with van der Waals surface area (Å²) in [7, 11) is 2.01. The Kier molecular flexibility index (Phi) is 3.54. The van der Waals surface area contributed by atoms with Gasteiger partial charge in [-0.3, -0.25) is 0 Å². The highest BCUT2D eigenvalue weighted by molar-refractivity contribution is 7.99. The minimum absolute atomic E-state index is 0.304. The molecule has 16 heavy (non-hydrogen) atoms. The Morgan fingerprint density at radius 1 is 1.38 bits per heavy atom. The van der Waals surface area contributed by atoms with Gasteiger partial charge in [-0.05, 0) is 32.1 Å². The van der Waals surface area contributed by atoms with Gasteiger partial charge in [0, 0.05) is 18.3 Å². The molecule has 1 aromatic heterocycles. The third-order valence-electron chi connectivity index (χ3n) is 3.41. The highest BCUT2D eigenvalue weighted by atomic mass is 32.2. The molecule has 1 heterocycles. The van der Waals surface area contributed by atoms with Gasteiger partial charge in [0.05, 0.1) is 0 Å². The average molecular weight is 240 g/mol. The maximum atomic E-state index is 6.17. The fourth-order valence-corrected chi connectivity index (χ4v) is 3.50. The molecule has 0 bridgehead atoms. The van der Waals surface area contributed by atoms with Crippen LogP contribution in [-0.2, 0) is 7.05 Å². The molecule has 1 aliphatic rings. The molecule has 2 N–H and O–H groups in total. The zero-order valence-electron chi connectivity index (χ0n) is 10.2. The van der Waals surface area contributed by atoms with Crippen molar-refractivity contribution in [2.75, 3.05) is 0 Å². The Balaban J connectivity index is 2.05. The molecule has 0 aliphatic heterocycles. The topological polar surface area (TPSA) is 56.7 Å². The van der Waals surface area contributed by atoms with Crippen LogP contribution in [0.25, 0.3) is 0 Å². The first-order valence-corrected chi connectivity index (χ1v) is 6.74. The molecule has 3 atom stereocenters. The van der Waals surface area contributed by atoms with Gasteiger partial charge in [-0.2, -0.15) is 0 Å². The first-order chi connectivity index (χ1) is 7.58. The largest absolute Gasteiger partial charge is 0.327 e. The molecule has 0 saturated heterocycles. The molecule has 90 valence electrons. The quantitative estimate of drug-likeness (QED) is 0.855. The van der Waals surface area contributed by atoms with Crippen molar-refractivity contribution in [3.8, 4) is 0 Å². The molecular weight excluding hydrogens is 220 g/mol. The zero-order chi connectivity index (χ0) is 11.7. The Morgan fingerprint density at radius 2 is 2.12 bits per heavy atom. The molecule has 1 aromatic rings. The van der Waals surface area contributed by atoms with E-state index >= 15 is 0 Å². The van der Waals surface area contributed by atoms with Crippen LogP contribution in [-0.4, -0.2) is 26.1 Å². The highest BCUT2D eigenvalue weighted by Gasteiger charge is 2.28. The van der Waals surface area contributed by atoms with Gasteiger partial charge in [0.15, 0.2) is 5.16 Å². The van der Waals surface area contributed by atoms with Gasteiger partial charge in [0.25, 0.3) is 0 Å². The average Bonchev–Trinajstić information content (AvgIpc) is 2.55. The van der Waals surface area contributed by atoms with Gasteiger partial charge < -0.3 is 10.3 Å². The Labute approximate surface area is 101 Å². The third kappa shape index (κ3) is 2.40. The van der Waals surface area contributed by atoms with Crippen LogP contribution in [0.15, 0.2) is 5.16 Å². The van der Waals surface area contributed by atoms with E-state index < -0.39 is 0 Å². The number of hydrogen-bond acceptors (Lipinski definition) is 4. The summed E-state index contributed by atoms with van der Waals surface area (Å²) in [5, 5.41) is 9.75. The fourth-order valence-electron chi connectivity index (χ4n) is 2.11. The molecule has 4 nitrogen and oxygen atoms in total. The smallest absolute Gasteiger partial charge is 0.191 e. The molecule has 0 radical (unpaired) electrons. The van der Waals surface area contributed by atoms with E-state index in [1.807, 2.05) is 18.5 Å². The lowest BCUT2D eigenvalue weighted by Gasteiger charge is -2.31. The van der Waals surface area contributed by atoms with Gasteiger partial charge in [-0.25, -0.2) is 0 Å². The van der Waals surface area contributed by atoms with Gasteiger partial charge in [-0.1, -0.05) is 18.7 Å². The number of rotatable bonds is 2. The van der Waals surface area contributed by atoms with E-state index in [0.717, 1.165) is 23.3 Å². The van der Waals surface area contributed by atoms with E-state index in [1.54, 1.807) is 11.8 Å². The van der Waals surface area contributed by atoms with Crippen molar-refractivity contribution in [1.29, 1.82) is 0 Å². The highest BCUT2D eigenvalue weighted by Crippen LogP contribution is 2.34. The first kappa shape index (κ1) is 11.9. The number of nitrogens with two attached hydrogens (primary N) is 1. The second-order valence-corrected chi connectivity index (χ2v) is 6.03. The summed E-state index contributed by atoms with van der Waals surface area (Å²) in [5.41, 5.74) is 6.17. The predicted molar refractivity (Wildman–Crippen MR) is 66.4 cm³/mol. The Bertz CT molecular complexity index is 363. The summed E-state index contributed by atoms with van der Waals surface area (Å²) < 4.78 is 2.04. The van der Waals surface area contributed by atoms with Gasteiger partial charge in [0.2, 0.25) is 0 Å². The lowest BCUT2D eigenvalue weighted by atomic mass is 9.87. The van der Waals surface area contributed by atoms with Crippen molar-refractivity contribution < 1.29 is 0 Å². The number of aromatic nitrogens is 3. The van der Waals surface area contributed by atoms with Crippen LogP contribution in [0.1, 0.15) is 32.0 Å². The van der Waals surface area contributed by atoms with E-state index in [0.29, 0.717) is 11.3 Å². The van der Waals surface area contributed by atoms with Crippen molar-refractivity contribution >= 4 is 11.8 Å². The van der Waals surface area contributed by atoms with E-state index in [-0.39, 0.29) is 0 Å². The minimum atomic E-state index is 0.304. The van der Waals surface area contributed by atoms with E-state index in [2.05, 4.69) is 17.1 Å². The fraction of sp³-hybridized carbons (Fsp3) is 0.818. The lowest BCUT2D eigenvalue weighted by molar-refractivity contribution is 0.357. The molecule has 3 unspecified atom stereocenters. The summed E-state index contributed by atoms with van der Waals surface area (Å²) in [6.07, 6.45) is 3.59. The summed E-state index contributed by atoms with van der Waals surface area (Å²) in [6.45, 7) is 4.28. The lowest BCUT2D eigenvalue weighted by Crippen LogP contribution is -2.37. The van der Waals surface area contributed by atoms with Gasteiger partial charge in [0.1, 0.15) is 5.82 Å². The number of thioether (sulfide) groups is 1. The van der Waals surface area contributed by atoms with E-state index in [4.69, 9.17) is 5.73 Å². The van der Waals surface area contributed by atoms with Crippen LogP contribution in [0.4, 0.5) is 0 Å². The molecule has 2 rings (SSSR count). The predicted octanol–water partition coefficient (Wildman–Crippen LogP) is 1.73. The molecule has 1 fully saturated rings. The normalized spacial score (nSPS) is 30.6. The van der Waals surface area contributed by atoms with Crippen molar-refractivity contribution in [3.05, 3.63) is 5.82 Å². The molecule has 0 amide bonds. The van der Waals surface area contributed by atoms with E-state index in [1.165, 1.54) is 12.8 Å². The van der Waals surface area contributed by atoms with Crippen molar-refractivity contribution in [2.24, 2.45) is 18.7 Å². The van der Waals surface area contributed by atoms with Gasteiger partial charge in [-0.15, -0.1) is 10.2 Å². The summed E-state index contributed by atoms with van der Waals surface area (Å²) >= 11 is 1.79. The van der Waals surface area contributed by atoms with Crippen molar-refractivity contribution in [3.63, 3.8) is 0 Å². The zero-order valence-corrected chi connectivity index (χ0v) is 11.0. The SMILES string of the molecule is Cc1nnc(SC2CC(C)CCC2N)n1C. The molecule has 1 aliphatic carbocycles. The second kappa shape index (κ2) is 4.75. The van der Waals surface area contributed by atoms with Crippen LogP contribution in [0.2, 0.25) is 0 Å². The molecule has 1 saturated carbocycles. The first-order valence-electron chi connectivity index (χ1n) is 5.86. The minimum Gasteiger partial charge on any atom is -0.327 e. The van der Waals surface area contributed by atoms with E-state index in [9.17, 15) is 0 Å². The van der Waals surface area contributed by atoms with Crippen molar-refractivity contribution in [2.45, 2.75) is 49.6 Å². The van der Waals surface area contributed by atoms with Crippen molar-refractivity contribution in [1.82, 2.24) is 14.8 Å². The summed E-state index contributed by atoms with van der Waals surface area (Å²) in [6, 6.07) is 0.304. The number of aryl methyl sites for hydroxylation is 1. The summed E-state index contributed by atoms with van der Waals surface area (Å²) in [4.78, 5) is 0. The molecule has 5 heteroatoms. The second-order valence-electron chi connectivity index (χ2n) is 4.83. The van der Waals surface area contributed by atoms with Gasteiger partial charge >= 0.3 is 0 Å². The molecule has 0 aromatic carbocycles. The van der Waals surface area contributed by atoms with Crippen LogP contribution >= 0.6 is 11.8 Å². The number of nitrogens with zero attached hydrogens (tertiary/aromatic N) is 3. The third-order valence-corrected chi connectivity index (χ3v) is 4.83. The van der Waals surface area contributed by atoms with Crippen LogP contribution in [0, 0.1) is 12.8 Å². The Morgan fingerprint density at radius 3 is 2.75 bits per heavy atom. The standard InChI is InChI=1S/C11H20N4S/c1-7-4-5-9(12)10(6-7)16-11-14-13-8(2)15(11)3/h7,9-10H,4-6,12H2,1-3H3. The molecule has 0 spiro atoms. The monoisotopic (exact) mass is 240 g/mol. The summed E-state index contributed by atoms with van der Waals surface area (Å²) in [5.74, 6) is 1.74. The molecular formula is C11H20N4S. The van der Waals surface area contributed by atoms with Crippen LogP contribution in [0.3, 0.4) is 0 Å². The Hall–Kier alpha value is -0.550. The maximum Gasteiger partial charge on any atom is 0.191 e. The van der Waals surface area contributed by atoms with Crippen LogP contribution < -0.4 is 5.73 Å².